The molecule has 1 fully saturated rings. The average molecular weight is 407 g/mol. The van der Waals surface area contributed by atoms with Crippen LogP contribution in [0.5, 0.6) is 0 Å². The fourth-order valence-electron chi connectivity index (χ4n) is 3.83. The van der Waals surface area contributed by atoms with E-state index in [0.29, 0.717) is 12.1 Å². The molecular weight excluding hydrogens is 386 g/mol. The van der Waals surface area contributed by atoms with Crippen molar-refractivity contribution in [2.75, 3.05) is 6.26 Å². The van der Waals surface area contributed by atoms with Crippen LogP contribution in [-0.4, -0.2) is 35.0 Å². The summed E-state index contributed by atoms with van der Waals surface area (Å²) in [5, 5.41) is 1.92. The molecule has 0 spiro atoms. The van der Waals surface area contributed by atoms with Crippen molar-refractivity contribution in [3.8, 4) is 11.3 Å². The zero-order chi connectivity index (χ0) is 20.2. The van der Waals surface area contributed by atoms with Gasteiger partial charge in [-0.1, -0.05) is 24.3 Å². The van der Waals surface area contributed by atoms with Crippen molar-refractivity contribution in [2.24, 2.45) is 0 Å². The van der Waals surface area contributed by atoms with Crippen molar-refractivity contribution in [1.82, 2.24) is 14.3 Å². The second-order valence-electron chi connectivity index (χ2n) is 7.74. The van der Waals surface area contributed by atoms with Crippen molar-refractivity contribution in [1.29, 1.82) is 0 Å². The molecule has 2 heterocycles. The summed E-state index contributed by atoms with van der Waals surface area (Å²) in [5.41, 5.74) is 3.83. The van der Waals surface area contributed by atoms with Gasteiger partial charge in [0.1, 0.15) is 0 Å². The Hall–Kier alpha value is -2.90. The summed E-state index contributed by atoms with van der Waals surface area (Å²) in [4.78, 5) is 18.8. The Morgan fingerprint density at radius 1 is 0.966 bits per heavy atom. The van der Waals surface area contributed by atoms with Crippen LogP contribution in [0.25, 0.3) is 33.1 Å². The van der Waals surface area contributed by atoms with E-state index in [1.54, 1.807) is 4.31 Å². The number of sulfonamides is 1. The van der Waals surface area contributed by atoms with Gasteiger partial charge in [-0.3, -0.25) is 4.79 Å². The van der Waals surface area contributed by atoms with E-state index in [0.717, 1.165) is 45.9 Å². The van der Waals surface area contributed by atoms with Crippen molar-refractivity contribution in [2.45, 2.75) is 25.4 Å². The summed E-state index contributed by atoms with van der Waals surface area (Å²) >= 11 is 0. The van der Waals surface area contributed by atoms with Gasteiger partial charge in [0.25, 0.3) is 5.56 Å². The number of H-pyrrole nitrogens is 2. The van der Waals surface area contributed by atoms with Gasteiger partial charge in [-0.25, -0.2) is 8.42 Å². The minimum absolute atomic E-state index is 0.124. The SMILES string of the molecule is CS(=O)(=O)N(Cc1ccc2[nH]c(-c3cc4ccccc4[nH]c3=O)cc2c1)C1CC1. The number of para-hydroxylation sites is 1. The molecule has 0 bridgehead atoms. The van der Waals surface area contributed by atoms with Crippen LogP contribution in [-0.2, 0) is 16.6 Å². The lowest BCUT2D eigenvalue weighted by atomic mass is 10.1. The van der Waals surface area contributed by atoms with Gasteiger partial charge in [-0.2, -0.15) is 4.31 Å². The summed E-state index contributed by atoms with van der Waals surface area (Å²) in [6.45, 7) is 0.372. The molecule has 0 unspecified atom stereocenters. The third kappa shape index (κ3) is 3.47. The molecule has 0 saturated heterocycles. The van der Waals surface area contributed by atoms with E-state index in [9.17, 15) is 13.2 Å². The largest absolute Gasteiger partial charge is 0.354 e. The highest BCUT2D eigenvalue weighted by atomic mass is 32.2. The van der Waals surface area contributed by atoms with Gasteiger partial charge < -0.3 is 9.97 Å². The summed E-state index contributed by atoms with van der Waals surface area (Å²) in [6.07, 6.45) is 3.12. The number of aromatic nitrogens is 2. The molecule has 0 amide bonds. The number of nitrogens with zero attached hydrogens (tertiary/aromatic N) is 1. The zero-order valence-corrected chi connectivity index (χ0v) is 16.8. The van der Waals surface area contributed by atoms with E-state index in [1.807, 2.05) is 54.6 Å². The third-order valence-electron chi connectivity index (χ3n) is 5.45. The van der Waals surface area contributed by atoms with E-state index < -0.39 is 10.0 Å². The molecule has 1 saturated carbocycles. The quantitative estimate of drug-likeness (QED) is 0.530. The van der Waals surface area contributed by atoms with Crippen LogP contribution < -0.4 is 5.56 Å². The van der Waals surface area contributed by atoms with Crippen LogP contribution in [0.2, 0.25) is 0 Å². The summed E-state index contributed by atoms with van der Waals surface area (Å²) in [6, 6.07) is 17.5. The number of rotatable bonds is 5. The first-order valence-electron chi connectivity index (χ1n) is 9.59. The topological polar surface area (TPSA) is 86.0 Å². The highest BCUT2D eigenvalue weighted by Gasteiger charge is 2.34. The minimum atomic E-state index is -3.24. The minimum Gasteiger partial charge on any atom is -0.354 e. The van der Waals surface area contributed by atoms with Gasteiger partial charge in [-0.05, 0) is 54.1 Å². The molecule has 29 heavy (non-hydrogen) atoms. The Kier molecular flexibility index (Phi) is 4.11. The number of hydrogen-bond acceptors (Lipinski definition) is 3. The average Bonchev–Trinajstić information content (AvgIpc) is 3.42. The van der Waals surface area contributed by atoms with Gasteiger partial charge in [0.15, 0.2) is 0 Å². The maximum atomic E-state index is 12.6. The Balaban J connectivity index is 1.53. The van der Waals surface area contributed by atoms with E-state index in [4.69, 9.17) is 0 Å². The molecule has 6 nitrogen and oxygen atoms in total. The van der Waals surface area contributed by atoms with E-state index >= 15 is 0 Å². The second-order valence-corrected chi connectivity index (χ2v) is 9.68. The molecule has 1 aliphatic rings. The Bertz CT molecular complexity index is 1400. The first-order valence-corrected chi connectivity index (χ1v) is 11.4. The van der Waals surface area contributed by atoms with E-state index in [-0.39, 0.29) is 11.6 Å². The predicted octanol–water partition coefficient (Wildman–Crippen LogP) is 3.60. The lowest BCUT2D eigenvalue weighted by molar-refractivity contribution is 0.403. The van der Waals surface area contributed by atoms with Gasteiger partial charge in [0, 0.05) is 29.0 Å². The number of nitrogens with one attached hydrogen (secondary N) is 2. The number of fused-ring (bicyclic) bond motifs is 2. The molecule has 0 radical (unpaired) electrons. The van der Waals surface area contributed by atoms with Crippen LogP contribution in [0.3, 0.4) is 0 Å². The molecule has 7 heteroatoms. The molecule has 0 atom stereocenters. The second kappa shape index (κ2) is 6.57. The summed E-state index contributed by atoms with van der Waals surface area (Å²) < 4.78 is 25.8. The molecular formula is C22H21N3O3S. The standard InChI is InChI=1S/C22H21N3O3S/c1-29(27,28)25(17-7-8-17)13-14-6-9-20-16(10-14)12-21(23-20)18-11-15-4-2-3-5-19(15)24-22(18)26/h2-6,9-12,17,23H,7-8,13H2,1H3,(H,24,26). The number of benzene rings is 2. The zero-order valence-electron chi connectivity index (χ0n) is 16.0. The molecule has 5 rings (SSSR count). The molecule has 2 aromatic heterocycles. The highest BCUT2D eigenvalue weighted by Crippen LogP contribution is 2.31. The number of pyridine rings is 1. The first-order chi connectivity index (χ1) is 13.9. The highest BCUT2D eigenvalue weighted by molar-refractivity contribution is 7.88. The van der Waals surface area contributed by atoms with Crippen LogP contribution in [0.15, 0.2) is 59.4 Å². The number of hydrogen-bond donors (Lipinski definition) is 2. The molecule has 2 N–H and O–H groups in total. The first kappa shape index (κ1) is 18.1. The monoisotopic (exact) mass is 407 g/mol. The molecule has 148 valence electrons. The van der Waals surface area contributed by atoms with Gasteiger partial charge in [-0.15, -0.1) is 0 Å². The van der Waals surface area contributed by atoms with E-state index in [1.165, 1.54) is 6.26 Å². The van der Waals surface area contributed by atoms with Gasteiger partial charge in [0.05, 0.1) is 17.5 Å². The lowest BCUT2D eigenvalue weighted by Crippen LogP contribution is -2.31. The molecule has 4 aromatic rings. The third-order valence-corrected chi connectivity index (χ3v) is 6.73. The van der Waals surface area contributed by atoms with Crippen LogP contribution in [0.1, 0.15) is 18.4 Å². The Morgan fingerprint density at radius 2 is 1.72 bits per heavy atom. The fraction of sp³-hybridized carbons (Fsp3) is 0.227. The van der Waals surface area contributed by atoms with Gasteiger partial charge in [0.2, 0.25) is 10.0 Å². The van der Waals surface area contributed by atoms with Crippen molar-refractivity contribution in [3.05, 3.63) is 70.5 Å². The summed E-state index contributed by atoms with van der Waals surface area (Å²) in [7, 11) is -3.24. The van der Waals surface area contributed by atoms with Crippen molar-refractivity contribution >= 4 is 31.8 Å². The van der Waals surface area contributed by atoms with Crippen LogP contribution in [0, 0.1) is 0 Å². The molecule has 2 aromatic carbocycles. The fourth-order valence-corrected chi connectivity index (χ4v) is 4.97. The lowest BCUT2D eigenvalue weighted by Gasteiger charge is -2.19. The summed E-state index contributed by atoms with van der Waals surface area (Å²) in [5.74, 6) is 0. The Labute approximate surface area is 168 Å². The number of aromatic amines is 2. The smallest absolute Gasteiger partial charge is 0.257 e. The van der Waals surface area contributed by atoms with Crippen molar-refractivity contribution in [3.63, 3.8) is 0 Å². The normalized spacial score (nSPS) is 14.8. The van der Waals surface area contributed by atoms with Crippen LogP contribution >= 0.6 is 0 Å². The molecule has 1 aliphatic carbocycles. The van der Waals surface area contributed by atoms with Crippen molar-refractivity contribution < 1.29 is 8.42 Å². The van der Waals surface area contributed by atoms with Crippen LogP contribution in [0.4, 0.5) is 0 Å². The molecule has 0 aliphatic heterocycles. The predicted molar refractivity (Wildman–Crippen MR) is 115 cm³/mol. The maximum absolute atomic E-state index is 12.6. The Morgan fingerprint density at radius 3 is 2.48 bits per heavy atom. The van der Waals surface area contributed by atoms with E-state index in [2.05, 4.69) is 9.97 Å². The maximum Gasteiger partial charge on any atom is 0.257 e. The van der Waals surface area contributed by atoms with Gasteiger partial charge >= 0.3 is 0 Å².